The highest BCUT2D eigenvalue weighted by Gasteiger charge is 2.57. The van der Waals surface area contributed by atoms with Crippen LogP contribution < -0.4 is 0 Å². The molecular formula is C24H38O4. The Morgan fingerprint density at radius 2 is 1.89 bits per heavy atom. The first-order valence-corrected chi connectivity index (χ1v) is 11.3. The molecule has 0 bridgehead atoms. The molecule has 0 heterocycles. The third-order valence-corrected chi connectivity index (χ3v) is 8.74. The molecule has 4 nitrogen and oxygen atoms in total. The van der Waals surface area contributed by atoms with Gasteiger partial charge in [0.2, 0.25) is 0 Å². The highest BCUT2D eigenvalue weighted by Crippen LogP contribution is 2.64. The van der Waals surface area contributed by atoms with Crippen LogP contribution in [-0.4, -0.2) is 35.0 Å². The van der Waals surface area contributed by atoms with E-state index in [0.29, 0.717) is 11.8 Å². The van der Waals surface area contributed by atoms with Crippen molar-refractivity contribution in [1.29, 1.82) is 0 Å². The quantitative estimate of drug-likeness (QED) is 0.542. The minimum Gasteiger partial charge on any atom is -0.461 e. The molecule has 6 atom stereocenters. The molecule has 4 aliphatic carbocycles. The van der Waals surface area contributed by atoms with E-state index in [2.05, 4.69) is 6.92 Å². The lowest BCUT2D eigenvalue weighted by Gasteiger charge is -2.57. The van der Waals surface area contributed by atoms with Gasteiger partial charge in [-0.1, -0.05) is 18.1 Å². The van der Waals surface area contributed by atoms with Gasteiger partial charge in [0.05, 0.1) is 11.5 Å². The van der Waals surface area contributed by atoms with E-state index in [0.717, 1.165) is 57.8 Å². The van der Waals surface area contributed by atoms with Crippen molar-refractivity contribution in [1.82, 2.24) is 0 Å². The Kier molecular flexibility index (Phi) is 4.98. The summed E-state index contributed by atoms with van der Waals surface area (Å²) >= 11 is 0. The van der Waals surface area contributed by atoms with Gasteiger partial charge in [0.15, 0.2) is 0 Å². The van der Waals surface area contributed by atoms with Crippen LogP contribution in [-0.2, 0) is 9.53 Å². The number of aliphatic hydroxyl groups is 2. The topological polar surface area (TPSA) is 66.8 Å². The Labute approximate surface area is 169 Å². The van der Waals surface area contributed by atoms with Crippen LogP contribution in [0.3, 0.4) is 0 Å². The molecule has 28 heavy (non-hydrogen) atoms. The number of fused-ring (bicyclic) bond motifs is 4. The number of ether oxygens (including phenoxy) is 1. The van der Waals surface area contributed by atoms with Crippen molar-refractivity contribution in [2.45, 2.75) is 97.7 Å². The molecule has 0 amide bonds. The predicted molar refractivity (Wildman–Crippen MR) is 109 cm³/mol. The first kappa shape index (κ1) is 20.4. The zero-order chi connectivity index (χ0) is 20.3. The molecule has 0 saturated heterocycles. The van der Waals surface area contributed by atoms with Crippen molar-refractivity contribution in [3.05, 3.63) is 11.1 Å². The summed E-state index contributed by atoms with van der Waals surface area (Å²) in [4.78, 5) is 12.5. The number of aliphatic hydroxyl groups excluding tert-OH is 2. The van der Waals surface area contributed by atoms with E-state index in [1.165, 1.54) is 5.57 Å². The van der Waals surface area contributed by atoms with Gasteiger partial charge in [-0.05, 0) is 90.4 Å². The lowest BCUT2D eigenvalue weighted by Crippen LogP contribution is -2.52. The second kappa shape index (κ2) is 6.84. The second-order valence-electron chi connectivity index (χ2n) is 11.3. The highest BCUT2D eigenvalue weighted by atomic mass is 16.5. The van der Waals surface area contributed by atoms with Gasteiger partial charge in [-0.25, -0.2) is 0 Å². The number of allylic oxidation sites excluding steroid dienone is 1. The van der Waals surface area contributed by atoms with E-state index in [4.69, 9.17) is 4.74 Å². The predicted octanol–water partition coefficient (Wildman–Crippen LogP) is 4.38. The summed E-state index contributed by atoms with van der Waals surface area (Å²) in [5, 5.41) is 20.7. The standard InChI is InChI=1S/C24H38O4/c1-22(2,3)21(27)28-20-8-7-18-17-6-5-15-13-16(26)9-12-24(15,14-25)19(17)10-11-23(18,20)4/h15-16,19-20,25-26H,5-14H2,1-4H3/t15?,16?,19-,20?,23+,24-/m1/s1. The first-order chi connectivity index (χ1) is 13.1. The Hall–Kier alpha value is -0.870. The normalized spacial score (nSPS) is 43.2. The molecule has 3 saturated carbocycles. The molecule has 2 N–H and O–H groups in total. The van der Waals surface area contributed by atoms with Crippen LogP contribution in [0.5, 0.6) is 0 Å². The lowest BCUT2D eigenvalue weighted by atomic mass is 9.49. The number of esters is 1. The molecule has 3 unspecified atom stereocenters. The smallest absolute Gasteiger partial charge is 0.311 e. The van der Waals surface area contributed by atoms with Crippen molar-refractivity contribution in [3.8, 4) is 0 Å². The maximum Gasteiger partial charge on any atom is 0.311 e. The van der Waals surface area contributed by atoms with Crippen molar-refractivity contribution in [3.63, 3.8) is 0 Å². The van der Waals surface area contributed by atoms with Gasteiger partial charge < -0.3 is 14.9 Å². The molecule has 0 aromatic heterocycles. The van der Waals surface area contributed by atoms with Crippen LogP contribution in [0.25, 0.3) is 0 Å². The number of carbonyl (C=O) groups excluding carboxylic acids is 1. The van der Waals surface area contributed by atoms with Gasteiger partial charge in [-0.3, -0.25) is 4.79 Å². The SMILES string of the molecule is CC(C)(C)C(=O)OC1CCC2=C3CCC4CC(O)CC[C@]4(CO)[C@@H]3CC[C@@]21C. The van der Waals surface area contributed by atoms with Gasteiger partial charge in [-0.15, -0.1) is 0 Å². The molecule has 158 valence electrons. The van der Waals surface area contributed by atoms with Crippen LogP contribution in [0.1, 0.15) is 85.5 Å². The number of rotatable bonds is 2. The molecule has 0 aromatic carbocycles. The number of hydrogen-bond acceptors (Lipinski definition) is 4. The fourth-order valence-electron chi connectivity index (χ4n) is 7.03. The molecule has 0 aliphatic heterocycles. The van der Waals surface area contributed by atoms with Gasteiger partial charge in [0, 0.05) is 17.4 Å². The van der Waals surface area contributed by atoms with Crippen LogP contribution in [0.15, 0.2) is 11.1 Å². The Bertz CT molecular complexity index is 675. The summed E-state index contributed by atoms with van der Waals surface area (Å²) in [6.07, 6.45) is 8.64. The maximum atomic E-state index is 12.5. The molecule has 0 aromatic rings. The van der Waals surface area contributed by atoms with E-state index in [1.54, 1.807) is 5.57 Å². The van der Waals surface area contributed by atoms with Crippen molar-refractivity contribution >= 4 is 5.97 Å². The second-order valence-corrected chi connectivity index (χ2v) is 11.3. The number of hydrogen-bond donors (Lipinski definition) is 2. The third kappa shape index (κ3) is 2.98. The van der Waals surface area contributed by atoms with E-state index < -0.39 is 5.41 Å². The fourth-order valence-corrected chi connectivity index (χ4v) is 7.03. The molecule has 4 rings (SSSR count). The van der Waals surface area contributed by atoms with Crippen molar-refractivity contribution in [2.24, 2.45) is 28.1 Å². The van der Waals surface area contributed by atoms with Gasteiger partial charge in [0.1, 0.15) is 6.10 Å². The minimum absolute atomic E-state index is 0.0151. The molecule has 4 heteroatoms. The fraction of sp³-hybridized carbons (Fsp3) is 0.875. The number of carbonyl (C=O) groups is 1. The van der Waals surface area contributed by atoms with E-state index in [1.807, 2.05) is 20.8 Å². The Morgan fingerprint density at radius 1 is 1.14 bits per heavy atom. The van der Waals surface area contributed by atoms with Crippen LogP contribution in [0, 0.1) is 28.1 Å². The summed E-state index contributed by atoms with van der Waals surface area (Å²) in [5.41, 5.74) is 2.56. The van der Waals surface area contributed by atoms with E-state index in [-0.39, 0.29) is 35.6 Å². The average molecular weight is 391 g/mol. The molecule has 4 aliphatic rings. The zero-order valence-corrected chi connectivity index (χ0v) is 18.1. The monoisotopic (exact) mass is 390 g/mol. The lowest BCUT2D eigenvalue weighted by molar-refractivity contribution is -0.163. The third-order valence-electron chi connectivity index (χ3n) is 8.74. The summed E-state index contributed by atoms with van der Waals surface area (Å²) in [6.45, 7) is 8.32. The van der Waals surface area contributed by atoms with Crippen LogP contribution >= 0.6 is 0 Å². The Balaban J connectivity index is 1.64. The summed E-state index contributed by atoms with van der Waals surface area (Å²) in [5.74, 6) is 0.795. The van der Waals surface area contributed by atoms with Gasteiger partial charge in [-0.2, -0.15) is 0 Å². The average Bonchev–Trinajstić information content (AvgIpc) is 2.97. The zero-order valence-electron chi connectivity index (χ0n) is 18.1. The molecule has 3 fully saturated rings. The largest absolute Gasteiger partial charge is 0.461 e. The Morgan fingerprint density at radius 3 is 2.57 bits per heavy atom. The van der Waals surface area contributed by atoms with Gasteiger partial charge in [0.25, 0.3) is 0 Å². The maximum absolute atomic E-state index is 12.5. The van der Waals surface area contributed by atoms with Crippen molar-refractivity contribution in [2.75, 3.05) is 6.61 Å². The van der Waals surface area contributed by atoms with Crippen LogP contribution in [0.4, 0.5) is 0 Å². The molecule has 0 radical (unpaired) electrons. The summed E-state index contributed by atoms with van der Waals surface area (Å²) < 4.78 is 6.04. The summed E-state index contributed by atoms with van der Waals surface area (Å²) in [7, 11) is 0. The molecule has 0 spiro atoms. The highest BCUT2D eigenvalue weighted by molar-refractivity contribution is 5.75. The van der Waals surface area contributed by atoms with E-state index >= 15 is 0 Å². The van der Waals surface area contributed by atoms with Gasteiger partial charge >= 0.3 is 5.97 Å². The molecular weight excluding hydrogens is 352 g/mol. The summed E-state index contributed by atoms with van der Waals surface area (Å²) in [6, 6.07) is 0. The minimum atomic E-state index is -0.467. The van der Waals surface area contributed by atoms with Crippen molar-refractivity contribution < 1.29 is 19.7 Å². The van der Waals surface area contributed by atoms with Crippen LogP contribution in [0.2, 0.25) is 0 Å². The van der Waals surface area contributed by atoms with E-state index in [9.17, 15) is 15.0 Å². The first-order valence-electron chi connectivity index (χ1n) is 11.3.